The van der Waals surface area contributed by atoms with E-state index in [-0.39, 0.29) is 0 Å². The second-order valence-electron chi connectivity index (χ2n) is 4.13. The minimum absolute atomic E-state index is 0.577. The molecule has 1 aromatic carbocycles. The minimum Gasteiger partial charge on any atom is -0.493 e. The van der Waals surface area contributed by atoms with Crippen LogP contribution >= 0.6 is 0 Å². The molecule has 19 heavy (non-hydrogen) atoms. The first-order valence-corrected chi connectivity index (χ1v) is 6.20. The van der Waals surface area contributed by atoms with Gasteiger partial charge in [-0.1, -0.05) is 12.1 Å². The monoisotopic (exact) mass is 258 g/mol. The van der Waals surface area contributed by atoms with Crippen LogP contribution < -0.4 is 9.47 Å². The third-order valence-corrected chi connectivity index (χ3v) is 2.77. The zero-order valence-corrected chi connectivity index (χ0v) is 11.1. The molecular weight excluding hydrogens is 240 g/mol. The van der Waals surface area contributed by atoms with Crippen molar-refractivity contribution < 1.29 is 9.47 Å². The summed E-state index contributed by atoms with van der Waals surface area (Å²) in [5.41, 5.74) is 1.16. The lowest BCUT2D eigenvalue weighted by Gasteiger charge is -2.12. The van der Waals surface area contributed by atoms with E-state index < -0.39 is 0 Å². The maximum atomic E-state index is 5.74. The van der Waals surface area contributed by atoms with Gasteiger partial charge in [-0.25, -0.2) is 4.98 Å². The van der Waals surface area contributed by atoms with E-state index in [1.807, 2.05) is 35.0 Å². The third-order valence-electron chi connectivity index (χ3n) is 2.77. The molecule has 100 valence electrons. The van der Waals surface area contributed by atoms with E-state index in [9.17, 15) is 0 Å². The lowest BCUT2D eigenvalue weighted by atomic mass is 10.1. The summed E-state index contributed by atoms with van der Waals surface area (Å²) >= 11 is 0. The fourth-order valence-corrected chi connectivity index (χ4v) is 1.80. The maximum Gasteiger partial charge on any atom is 0.161 e. The second kappa shape index (κ2) is 6.64. The molecule has 0 amide bonds. The van der Waals surface area contributed by atoms with Gasteiger partial charge in [-0.2, -0.15) is 0 Å². The topological polar surface area (TPSA) is 36.3 Å². The summed E-state index contributed by atoms with van der Waals surface area (Å²) in [6.45, 7) is 5.07. The van der Waals surface area contributed by atoms with Crippen LogP contribution in [-0.2, 0) is 13.0 Å². The molecule has 4 nitrogen and oxygen atoms in total. The van der Waals surface area contributed by atoms with Crippen LogP contribution in [0.2, 0.25) is 0 Å². The average molecular weight is 258 g/mol. The molecule has 2 aromatic rings. The Balaban J connectivity index is 1.97. The van der Waals surface area contributed by atoms with E-state index >= 15 is 0 Å². The lowest BCUT2D eigenvalue weighted by Crippen LogP contribution is -2.07. The van der Waals surface area contributed by atoms with Gasteiger partial charge in [0.15, 0.2) is 11.5 Å². The van der Waals surface area contributed by atoms with Crippen molar-refractivity contribution in [3.8, 4) is 11.5 Å². The number of ether oxygens (including phenoxy) is 2. The first-order chi connectivity index (χ1) is 9.33. The number of hydrogen-bond donors (Lipinski definition) is 0. The molecule has 0 aliphatic carbocycles. The Morgan fingerprint density at radius 3 is 2.95 bits per heavy atom. The fourth-order valence-electron chi connectivity index (χ4n) is 1.80. The molecule has 0 fully saturated rings. The number of benzene rings is 1. The Bertz CT molecular complexity index is 521. The van der Waals surface area contributed by atoms with Gasteiger partial charge in [0.2, 0.25) is 0 Å². The van der Waals surface area contributed by atoms with Crippen LogP contribution in [0.3, 0.4) is 0 Å². The van der Waals surface area contributed by atoms with E-state index in [0.717, 1.165) is 30.0 Å². The highest BCUT2D eigenvalue weighted by atomic mass is 16.5. The highest BCUT2D eigenvalue weighted by Gasteiger charge is 2.05. The van der Waals surface area contributed by atoms with Crippen LogP contribution in [-0.4, -0.2) is 23.3 Å². The molecule has 0 saturated heterocycles. The minimum atomic E-state index is 0.577. The fraction of sp³-hybridized carbons (Fsp3) is 0.267. The number of hydrogen-bond acceptors (Lipinski definition) is 3. The SMILES string of the molecule is C=CCc1ccc(OCCn2ccnc2)c(OC)c1. The summed E-state index contributed by atoms with van der Waals surface area (Å²) in [4.78, 5) is 3.99. The summed E-state index contributed by atoms with van der Waals surface area (Å²) in [7, 11) is 1.65. The van der Waals surface area contributed by atoms with Gasteiger partial charge in [-0.3, -0.25) is 0 Å². The number of imidazole rings is 1. The Morgan fingerprint density at radius 2 is 2.26 bits per heavy atom. The van der Waals surface area contributed by atoms with Gasteiger partial charge in [0, 0.05) is 12.4 Å². The number of nitrogens with zero attached hydrogens (tertiary/aromatic N) is 2. The second-order valence-corrected chi connectivity index (χ2v) is 4.13. The summed E-state index contributed by atoms with van der Waals surface area (Å²) in [6, 6.07) is 5.94. The molecule has 1 aromatic heterocycles. The van der Waals surface area contributed by atoms with Gasteiger partial charge < -0.3 is 14.0 Å². The molecule has 0 aliphatic heterocycles. The molecule has 0 radical (unpaired) electrons. The quantitative estimate of drug-likeness (QED) is 0.716. The molecule has 4 heteroatoms. The average Bonchev–Trinajstić information content (AvgIpc) is 2.93. The van der Waals surface area contributed by atoms with Gasteiger partial charge in [-0.05, 0) is 24.1 Å². The summed E-state index contributed by atoms with van der Waals surface area (Å²) in [6.07, 6.45) is 8.13. The zero-order chi connectivity index (χ0) is 13.5. The zero-order valence-electron chi connectivity index (χ0n) is 11.1. The van der Waals surface area contributed by atoms with Crippen molar-refractivity contribution in [3.05, 3.63) is 55.1 Å². The summed E-state index contributed by atoms with van der Waals surface area (Å²) < 4.78 is 13.0. The van der Waals surface area contributed by atoms with Crippen LogP contribution in [0, 0.1) is 0 Å². The summed E-state index contributed by atoms with van der Waals surface area (Å²) in [5, 5.41) is 0. The van der Waals surface area contributed by atoms with Gasteiger partial charge in [0.05, 0.1) is 20.0 Å². The Hall–Kier alpha value is -2.23. The first-order valence-electron chi connectivity index (χ1n) is 6.20. The molecule has 1 heterocycles. The van der Waals surface area contributed by atoms with Gasteiger partial charge >= 0.3 is 0 Å². The van der Waals surface area contributed by atoms with Crippen molar-refractivity contribution in [1.29, 1.82) is 0 Å². The molecule has 0 saturated carbocycles. The predicted molar refractivity (Wildman–Crippen MR) is 74.6 cm³/mol. The van der Waals surface area contributed by atoms with Crippen LogP contribution in [0.5, 0.6) is 11.5 Å². The largest absolute Gasteiger partial charge is 0.493 e. The highest BCUT2D eigenvalue weighted by molar-refractivity contribution is 5.43. The number of aromatic nitrogens is 2. The molecule has 0 unspecified atom stereocenters. The van der Waals surface area contributed by atoms with Gasteiger partial charge in [0.25, 0.3) is 0 Å². The maximum absolute atomic E-state index is 5.74. The molecule has 0 aliphatic rings. The standard InChI is InChI=1S/C15H18N2O2/c1-3-4-13-5-6-14(15(11-13)18-2)19-10-9-17-8-7-16-12-17/h3,5-8,11-12H,1,4,9-10H2,2H3. The van der Waals surface area contributed by atoms with Gasteiger partial charge in [0.1, 0.15) is 6.61 Å². The van der Waals surface area contributed by atoms with E-state index in [1.165, 1.54) is 0 Å². The Labute approximate surface area is 113 Å². The van der Waals surface area contributed by atoms with E-state index in [0.29, 0.717) is 6.61 Å². The normalized spacial score (nSPS) is 10.2. The Morgan fingerprint density at radius 1 is 1.37 bits per heavy atom. The molecule has 0 N–H and O–H groups in total. The number of rotatable bonds is 7. The molecule has 0 atom stereocenters. The number of methoxy groups -OCH3 is 1. The van der Waals surface area contributed by atoms with Crippen molar-refractivity contribution >= 4 is 0 Å². The molecular formula is C15H18N2O2. The third kappa shape index (κ3) is 3.61. The van der Waals surface area contributed by atoms with Crippen molar-refractivity contribution in [1.82, 2.24) is 9.55 Å². The first kappa shape index (κ1) is 13.2. The molecule has 0 spiro atoms. The Kier molecular flexibility index (Phi) is 4.61. The van der Waals surface area contributed by atoms with Crippen molar-refractivity contribution in [2.45, 2.75) is 13.0 Å². The van der Waals surface area contributed by atoms with E-state index in [1.54, 1.807) is 19.6 Å². The van der Waals surface area contributed by atoms with Crippen LogP contribution in [0.4, 0.5) is 0 Å². The van der Waals surface area contributed by atoms with E-state index in [4.69, 9.17) is 9.47 Å². The smallest absolute Gasteiger partial charge is 0.161 e. The van der Waals surface area contributed by atoms with Gasteiger partial charge in [-0.15, -0.1) is 6.58 Å². The van der Waals surface area contributed by atoms with Crippen LogP contribution in [0.25, 0.3) is 0 Å². The predicted octanol–water partition coefficient (Wildman–Crippen LogP) is 2.70. The summed E-state index contributed by atoms with van der Waals surface area (Å²) in [5.74, 6) is 1.51. The van der Waals surface area contributed by atoms with Crippen molar-refractivity contribution in [3.63, 3.8) is 0 Å². The van der Waals surface area contributed by atoms with E-state index in [2.05, 4.69) is 11.6 Å². The van der Waals surface area contributed by atoms with Crippen LogP contribution in [0.1, 0.15) is 5.56 Å². The van der Waals surface area contributed by atoms with Crippen LogP contribution in [0.15, 0.2) is 49.6 Å². The highest BCUT2D eigenvalue weighted by Crippen LogP contribution is 2.28. The number of allylic oxidation sites excluding steroid dienone is 1. The lowest BCUT2D eigenvalue weighted by molar-refractivity contribution is 0.279. The van der Waals surface area contributed by atoms with Crippen molar-refractivity contribution in [2.75, 3.05) is 13.7 Å². The molecule has 0 bridgehead atoms. The van der Waals surface area contributed by atoms with Crippen molar-refractivity contribution in [2.24, 2.45) is 0 Å². The molecule has 2 rings (SSSR count).